The van der Waals surface area contributed by atoms with E-state index in [1.807, 2.05) is 0 Å². The minimum atomic E-state index is -0.425. The van der Waals surface area contributed by atoms with Crippen molar-refractivity contribution in [1.82, 2.24) is 0 Å². The summed E-state index contributed by atoms with van der Waals surface area (Å²) in [4.78, 5) is 12.2. The molecule has 3 rings (SSSR count). The molecule has 5 heteroatoms. The molecule has 20 heavy (non-hydrogen) atoms. The molecular weight excluding hydrogens is 263 g/mol. The highest BCUT2D eigenvalue weighted by atomic mass is 19.1. The molecule has 0 atom stereocenters. The molecule has 4 nitrogen and oxygen atoms in total. The first-order valence-electron chi connectivity index (χ1n) is 5.99. The van der Waals surface area contributed by atoms with E-state index in [9.17, 15) is 14.3 Å². The smallest absolute Gasteiger partial charge is 0.171 e. The number of carbonyl (C=O) groups is 1. The van der Waals surface area contributed by atoms with Gasteiger partial charge in [0.25, 0.3) is 0 Å². The highest BCUT2D eigenvalue weighted by molar-refractivity contribution is 6.01. The molecule has 0 aromatic heterocycles. The average Bonchev–Trinajstić information content (AvgIpc) is 2.54. The minimum absolute atomic E-state index is 0.0197. The fourth-order valence-electron chi connectivity index (χ4n) is 2.19. The van der Waals surface area contributed by atoms with Gasteiger partial charge in [0.15, 0.2) is 17.3 Å². The van der Waals surface area contributed by atoms with Gasteiger partial charge in [-0.2, -0.15) is 0 Å². The molecule has 1 heterocycles. The number of aromatic hydroxyl groups is 1. The number of ether oxygens (including phenoxy) is 2. The Labute approximate surface area is 114 Å². The van der Waals surface area contributed by atoms with E-state index in [1.54, 1.807) is 0 Å². The lowest BCUT2D eigenvalue weighted by Gasteiger charge is -2.10. The minimum Gasteiger partial charge on any atom is -0.504 e. The number of Topliss-reactive ketones (excluding diaryl/α,β-unsaturated/α-hetero) is 1. The Morgan fingerprint density at radius 1 is 1.25 bits per heavy atom. The second kappa shape index (κ2) is 4.52. The van der Waals surface area contributed by atoms with Crippen LogP contribution in [0.1, 0.15) is 15.9 Å². The molecule has 0 aliphatic carbocycles. The number of methoxy groups -OCH3 is 1. The van der Waals surface area contributed by atoms with Crippen LogP contribution in [0.5, 0.6) is 23.0 Å². The molecule has 2 aromatic rings. The van der Waals surface area contributed by atoms with Gasteiger partial charge in [0.1, 0.15) is 17.3 Å². The number of phenolic OH excluding ortho intramolecular Hbond substituents is 1. The number of fused-ring (bicyclic) bond motifs is 2. The molecule has 0 amide bonds. The molecule has 0 spiro atoms. The van der Waals surface area contributed by atoms with Crippen molar-refractivity contribution < 1.29 is 23.8 Å². The summed E-state index contributed by atoms with van der Waals surface area (Å²) < 4.78 is 23.9. The summed E-state index contributed by atoms with van der Waals surface area (Å²) in [6.07, 6.45) is 0.0197. The summed E-state index contributed by atoms with van der Waals surface area (Å²) in [7, 11) is 1.41. The van der Waals surface area contributed by atoms with Gasteiger partial charge in [0.05, 0.1) is 12.7 Å². The molecule has 1 aliphatic rings. The summed E-state index contributed by atoms with van der Waals surface area (Å²) in [5, 5.41) is 9.74. The van der Waals surface area contributed by atoms with Crippen molar-refractivity contribution >= 4 is 5.78 Å². The molecule has 2 aromatic carbocycles. The maximum atomic E-state index is 13.2. The number of rotatable bonds is 1. The van der Waals surface area contributed by atoms with Crippen LogP contribution in [0.2, 0.25) is 0 Å². The zero-order valence-electron chi connectivity index (χ0n) is 10.6. The normalized spacial score (nSPS) is 13.0. The molecule has 102 valence electrons. The highest BCUT2D eigenvalue weighted by Gasteiger charge is 2.23. The summed E-state index contributed by atoms with van der Waals surface area (Å²) >= 11 is 0. The van der Waals surface area contributed by atoms with E-state index in [1.165, 1.54) is 37.4 Å². The number of ketones is 1. The number of carbonyl (C=O) groups excluding carboxylic acids is 1. The van der Waals surface area contributed by atoms with Gasteiger partial charge in [-0.1, -0.05) is 0 Å². The van der Waals surface area contributed by atoms with E-state index in [-0.39, 0.29) is 35.0 Å². The van der Waals surface area contributed by atoms with Crippen LogP contribution in [0.4, 0.5) is 4.39 Å². The van der Waals surface area contributed by atoms with Crippen LogP contribution in [0, 0.1) is 5.82 Å². The van der Waals surface area contributed by atoms with E-state index < -0.39 is 5.82 Å². The first-order valence-corrected chi connectivity index (χ1v) is 5.99. The van der Waals surface area contributed by atoms with E-state index in [2.05, 4.69) is 0 Å². The quantitative estimate of drug-likeness (QED) is 0.868. The number of benzene rings is 2. The van der Waals surface area contributed by atoms with Crippen molar-refractivity contribution in [3.8, 4) is 23.0 Å². The van der Waals surface area contributed by atoms with Gasteiger partial charge in [0.2, 0.25) is 0 Å². The molecule has 0 saturated carbocycles. The molecule has 0 radical (unpaired) electrons. The van der Waals surface area contributed by atoms with Crippen molar-refractivity contribution in [2.45, 2.75) is 6.42 Å². The zero-order chi connectivity index (χ0) is 14.3. The molecular formula is C15H11FO4. The first kappa shape index (κ1) is 12.5. The highest BCUT2D eigenvalue weighted by Crippen LogP contribution is 2.40. The third-order valence-corrected chi connectivity index (χ3v) is 3.17. The zero-order valence-corrected chi connectivity index (χ0v) is 10.6. The van der Waals surface area contributed by atoms with E-state index in [4.69, 9.17) is 9.47 Å². The summed E-state index contributed by atoms with van der Waals surface area (Å²) in [6, 6.07) is 6.77. The Morgan fingerprint density at radius 2 is 2.05 bits per heavy atom. The topological polar surface area (TPSA) is 55.8 Å². The van der Waals surface area contributed by atoms with Gasteiger partial charge < -0.3 is 14.6 Å². The second-order valence-electron chi connectivity index (χ2n) is 4.47. The van der Waals surface area contributed by atoms with Gasteiger partial charge in [-0.15, -0.1) is 0 Å². The van der Waals surface area contributed by atoms with Crippen molar-refractivity contribution in [3.63, 3.8) is 0 Å². The van der Waals surface area contributed by atoms with E-state index >= 15 is 0 Å². The van der Waals surface area contributed by atoms with Crippen molar-refractivity contribution in [2.24, 2.45) is 0 Å². The summed E-state index contributed by atoms with van der Waals surface area (Å²) in [5.41, 5.74) is 0.726. The maximum absolute atomic E-state index is 13.2. The van der Waals surface area contributed by atoms with Gasteiger partial charge >= 0.3 is 0 Å². The monoisotopic (exact) mass is 274 g/mol. The SMILES string of the molecule is COc1cc2c(cc1O)C(=O)Cc1cc(F)ccc1O2. The van der Waals surface area contributed by atoms with Gasteiger partial charge in [0, 0.05) is 18.1 Å². The molecule has 0 saturated heterocycles. The average molecular weight is 274 g/mol. The van der Waals surface area contributed by atoms with E-state index in [0.717, 1.165) is 0 Å². The Morgan fingerprint density at radius 3 is 2.80 bits per heavy atom. The van der Waals surface area contributed by atoms with Crippen molar-refractivity contribution in [2.75, 3.05) is 7.11 Å². The van der Waals surface area contributed by atoms with Gasteiger partial charge in [-0.25, -0.2) is 4.39 Å². The number of hydrogen-bond donors (Lipinski definition) is 1. The Balaban J connectivity index is 2.16. The third-order valence-electron chi connectivity index (χ3n) is 3.17. The van der Waals surface area contributed by atoms with Crippen LogP contribution in [0.3, 0.4) is 0 Å². The molecule has 1 aliphatic heterocycles. The van der Waals surface area contributed by atoms with Crippen LogP contribution in [-0.4, -0.2) is 18.0 Å². The Kier molecular flexibility index (Phi) is 2.82. The first-order chi connectivity index (χ1) is 9.58. The molecule has 0 fully saturated rings. The van der Waals surface area contributed by atoms with E-state index in [0.29, 0.717) is 11.3 Å². The molecule has 1 N–H and O–H groups in total. The largest absolute Gasteiger partial charge is 0.504 e. The predicted octanol–water partition coefficient (Wildman–Crippen LogP) is 3.07. The third kappa shape index (κ3) is 1.97. The molecule has 0 bridgehead atoms. The molecule has 0 unspecified atom stereocenters. The Bertz CT molecular complexity index is 709. The second-order valence-corrected chi connectivity index (χ2v) is 4.47. The summed E-state index contributed by atoms with van der Waals surface area (Å²) in [6.45, 7) is 0. The summed E-state index contributed by atoms with van der Waals surface area (Å²) in [5.74, 6) is 0.109. The fraction of sp³-hybridized carbons (Fsp3) is 0.133. The Hall–Kier alpha value is -2.56. The standard InChI is InChI=1S/C15H11FO4/c1-19-15-7-14-10(6-12(15)18)11(17)5-8-4-9(16)2-3-13(8)20-14/h2-4,6-7,18H,5H2,1H3. The number of phenols is 1. The van der Waals surface area contributed by atoms with Gasteiger partial charge in [-0.3, -0.25) is 4.79 Å². The van der Waals surface area contributed by atoms with Crippen LogP contribution in [0.25, 0.3) is 0 Å². The fourth-order valence-corrected chi connectivity index (χ4v) is 2.19. The van der Waals surface area contributed by atoms with Crippen LogP contribution >= 0.6 is 0 Å². The van der Waals surface area contributed by atoms with Crippen molar-refractivity contribution in [3.05, 3.63) is 47.3 Å². The van der Waals surface area contributed by atoms with Crippen LogP contribution < -0.4 is 9.47 Å². The van der Waals surface area contributed by atoms with Crippen LogP contribution in [-0.2, 0) is 6.42 Å². The lowest BCUT2D eigenvalue weighted by atomic mass is 10.0. The van der Waals surface area contributed by atoms with Crippen molar-refractivity contribution in [1.29, 1.82) is 0 Å². The number of hydrogen-bond acceptors (Lipinski definition) is 4. The number of halogens is 1. The van der Waals surface area contributed by atoms with Crippen LogP contribution in [0.15, 0.2) is 30.3 Å². The predicted molar refractivity (Wildman–Crippen MR) is 69.2 cm³/mol. The lowest BCUT2D eigenvalue weighted by molar-refractivity contribution is 0.0993. The maximum Gasteiger partial charge on any atom is 0.171 e. The van der Waals surface area contributed by atoms with Gasteiger partial charge in [-0.05, 0) is 24.3 Å². The lowest BCUT2D eigenvalue weighted by Crippen LogP contribution is -2.02.